The molecule has 0 spiro atoms. The van der Waals surface area contributed by atoms with Crippen LogP contribution in [-0.4, -0.2) is 41.1 Å². The number of nitrogens with one attached hydrogen (secondary N) is 1. The SMILES string of the molecule is Cn1c2nc(Cc3csc(COCC4CCC(CC5CCC5)C4)n3)sc2c2cnn(Cc3cccc4[nH]ncc34)c(=O)c21. The van der Waals surface area contributed by atoms with Crippen LogP contribution in [0.25, 0.3) is 32.2 Å². The summed E-state index contributed by atoms with van der Waals surface area (Å²) in [5.74, 6) is 2.66. The lowest BCUT2D eigenvalue weighted by atomic mass is 9.78. The van der Waals surface area contributed by atoms with Crippen molar-refractivity contribution in [3.8, 4) is 0 Å². The van der Waals surface area contributed by atoms with Crippen molar-refractivity contribution >= 4 is 54.8 Å². The van der Waals surface area contributed by atoms with Gasteiger partial charge in [-0.2, -0.15) is 10.2 Å². The van der Waals surface area contributed by atoms with Crippen LogP contribution in [0.4, 0.5) is 0 Å². The second-order valence-corrected chi connectivity index (χ2v) is 14.5. The fraction of sp³-hybridized carbons (Fsp3) is 0.469. The molecule has 2 unspecified atom stereocenters. The predicted molar refractivity (Wildman–Crippen MR) is 171 cm³/mol. The van der Waals surface area contributed by atoms with Crippen molar-refractivity contribution in [2.75, 3.05) is 6.61 Å². The molecule has 222 valence electrons. The Morgan fingerprint density at radius 2 is 1.95 bits per heavy atom. The molecule has 1 aromatic carbocycles. The summed E-state index contributed by atoms with van der Waals surface area (Å²) in [6, 6.07) is 5.94. The smallest absolute Gasteiger partial charge is 0.291 e. The summed E-state index contributed by atoms with van der Waals surface area (Å²) in [5.41, 5.74) is 4.27. The number of aryl methyl sites for hydroxylation is 1. The lowest BCUT2D eigenvalue weighted by molar-refractivity contribution is 0.0865. The lowest BCUT2D eigenvalue weighted by Gasteiger charge is -2.28. The van der Waals surface area contributed by atoms with Gasteiger partial charge in [0.15, 0.2) is 5.65 Å². The monoisotopic (exact) mass is 613 g/mol. The Balaban J connectivity index is 0.926. The van der Waals surface area contributed by atoms with Gasteiger partial charge in [-0.05, 0) is 48.6 Å². The first kappa shape index (κ1) is 27.2. The molecule has 0 amide bonds. The highest BCUT2D eigenvalue weighted by Gasteiger charge is 2.29. The van der Waals surface area contributed by atoms with E-state index in [4.69, 9.17) is 14.7 Å². The van der Waals surface area contributed by atoms with Gasteiger partial charge in [0.1, 0.15) is 15.5 Å². The van der Waals surface area contributed by atoms with Crippen LogP contribution in [-0.2, 0) is 31.4 Å². The Hall–Kier alpha value is -3.41. The maximum atomic E-state index is 13.5. The second-order valence-electron chi connectivity index (χ2n) is 12.4. The number of benzene rings is 1. The van der Waals surface area contributed by atoms with E-state index in [2.05, 4.69) is 20.7 Å². The summed E-state index contributed by atoms with van der Waals surface area (Å²) in [7, 11) is 1.91. The molecule has 0 aliphatic heterocycles. The Morgan fingerprint density at radius 1 is 1.05 bits per heavy atom. The average molecular weight is 614 g/mol. The number of ether oxygens (including phenoxy) is 1. The van der Waals surface area contributed by atoms with Crippen molar-refractivity contribution in [3.05, 3.63) is 67.6 Å². The molecular weight excluding hydrogens is 579 g/mol. The molecule has 2 aliphatic rings. The topological polar surface area (TPSA) is 104 Å². The van der Waals surface area contributed by atoms with Crippen molar-refractivity contribution in [1.29, 1.82) is 0 Å². The van der Waals surface area contributed by atoms with Crippen molar-refractivity contribution in [1.82, 2.24) is 34.5 Å². The lowest BCUT2D eigenvalue weighted by Crippen LogP contribution is -2.24. The molecule has 1 N–H and O–H groups in total. The number of thiazole rings is 2. The van der Waals surface area contributed by atoms with Gasteiger partial charge >= 0.3 is 0 Å². The van der Waals surface area contributed by atoms with Gasteiger partial charge in [0.2, 0.25) is 0 Å². The molecular formula is C32H35N7O2S2. The van der Waals surface area contributed by atoms with Crippen molar-refractivity contribution in [2.24, 2.45) is 24.8 Å². The molecule has 11 heteroatoms. The number of nitrogens with zero attached hydrogens (tertiary/aromatic N) is 6. The van der Waals surface area contributed by atoms with E-state index in [1.165, 1.54) is 49.6 Å². The third-order valence-electron chi connectivity index (χ3n) is 9.52. The van der Waals surface area contributed by atoms with Gasteiger partial charge in [-0.25, -0.2) is 14.6 Å². The Morgan fingerprint density at radius 3 is 2.84 bits per heavy atom. The number of aromatic amines is 1. The highest BCUT2D eigenvalue weighted by Crippen LogP contribution is 2.40. The normalized spacial score (nSPS) is 19.3. The number of aromatic nitrogens is 7. The van der Waals surface area contributed by atoms with Gasteiger partial charge in [-0.15, -0.1) is 22.7 Å². The minimum Gasteiger partial charge on any atom is -0.374 e. The van der Waals surface area contributed by atoms with E-state index in [1.54, 1.807) is 35.1 Å². The molecule has 2 aliphatic carbocycles. The summed E-state index contributed by atoms with van der Waals surface area (Å²) in [6.45, 7) is 1.82. The molecule has 0 bridgehead atoms. The quantitative estimate of drug-likeness (QED) is 0.191. The van der Waals surface area contributed by atoms with E-state index in [0.717, 1.165) is 66.4 Å². The van der Waals surface area contributed by atoms with Crippen molar-refractivity contribution < 1.29 is 4.74 Å². The summed E-state index contributed by atoms with van der Waals surface area (Å²) in [6.07, 6.45) is 14.1. The van der Waals surface area contributed by atoms with Gasteiger partial charge in [0, 0.05) is 36.2 Å². The van der Waals surface area contributed by atoms with Crippen LogP contribution in [0.1, 0.15) is 66.2 Å². The van der Waals surface area contributed by atoms with Crippen molar-refractivity contribution in [2.45, 2.75) is 64.5 Å². The zero-order valence-electron chi connectivity index (χ0n) is 24.3. The Bertz CT molecular complexity index is 1980. The number of fused-ring (bicyclic) bond motifs is 4. The maximum absolute atomic E-state index is 13.5. The molecule has 9 nitrogen and oxygen atoms in total. The summed E-state index contributed by atoms with van der Waals surface area (Å²) >= 11 is 3.29. The number of hydrogen-bond acceptors (Lipinski definition) is 8. The van der Waals surface area contributed by atoms with Gasteiger partial charge in [0.05, 0.1) is 41.5 Å². The molecule has 2 saturated carbocycles. The van der Waals surface area contributed by atoms with Gasteiger partial charge in [0.25, 0.3) is 5.56 Å². The average Bonchev–Trinajstić information content (AvgIpc) is 3.80. The molecule has 0 radical (unpaired) electrons. The minimum absolute atomic E-state index is 0.122. The van der Waals surface area contributed by atoms with E-state index in [9.17, 15) is 4.79 Å². The van der Waals surface area contributed by atoms with Crippen LogP contribution in [0.3, 0.4) is 0 Å². The number of H-pyrrole nitrogens is 1. The third kappa shape index (κ3) is 5.21. The fourth-order valence-corrected chi connectivity index (χ4v) is 8.91. The second kappa shape index (κ2) is 11.3. The Kier molecular flexibility index (Phi) is 7.11. The third-order valence-corrected chi connectivity index (χ3v) is 11.5. The van der Waals surface area contributed by atoms with Crippen LogP contribution in [0.15, 0.2) is 40.8 Å². The number of rotatable bonds is 10. The summed E-state index contributed by atoms with van der Waals surface area (Å²) in [5, 5.41) is 17.6. The first-order valence-corrected chi connectivity index (χ1v) is 17.0. The molecule has 2 fully saturated rings. The molecule has 5 aromatic heterocycles. The van der Waals surface area contributed by atoms with E-state index < -0.39 is 0 Å². The summed E-state index contributed by atoms with van der Waals surface area (Å²) in [4.78, 5) is 23.3. The largest absolute Gasteiger partial charge is 0.374 e. The van der Waals surface area contributed by atoms with E-state index in [-0.39, 0.29) is 5.56 Å². The minimum atomic E-state index is -0.122. The molecule has 6 aromatic rings. The maximum Gasteiger partial charge on any atom is 0.291 e. The highest BCUT2D eigenvalue weighted by atomic mass is 32.1. The van der Waals surface area contributed by atoms with Crippen LogP contribution >= 0.6 is 22.7 Å². The zero-order valence-corrected chi connectivity index (χ0v) is 25.9. The van der Waals surface area contributed by atoms with Crippen LogP contribution in [0.5, 0.6) is 0 Å². The fourth-order valence-electron chi connectivity index (χ4n) is 7.06. The molecule has 5 heterocycles. The number of hydrogen-bond donors (Lipinski definition) is 1. The van der Waals surface area contributed by atoms with Crippen LogP contribution < -0.4 is 5.56 Å². The highest BCUT2D eigenvalue weighted by molar-refractivity contribution is 7.19. The van der Waals surface area contributed by atoms with Crippen molar-refractivity contribution in [3.63, 3.8) is 0 Å². The van der Waals surface area contributed by atoms with Gasteiger partial charge < -0.3 is 9.30 Å². The molecule has 2 atom stereocenters. The molecule has 43 heavy (non-hydrogen) atoms. The predicted octanol–water partition coefficient (Wildman–Crippen LogP) is 6.44. The zero-order chi connectivity index (χ0) is 28.9. The van der Waals surface area contributed by atoms with E-state index in [0.29, 0.717) is 31.0 Å². The van der Waals surface area contributed by atoms with Gasteiger partial charge in [-0.1, -0.05) is 37.8 Å². The summed E-state index contributed by atoms with van der Waals surface area (Å²) < 4.78 is 10.5. The van der Waals surface area contributed by atoms with Gasteiger partial charge in [-0.3, -0.25) is 9.89 Å². The molecule has 0 saturated heterocycles. The van der Waals surface area contributed by atoms with Crippen LogP contribution in [0.2, 0.25) is 0 Å². The molecule has 8 rings (SSSR count). The van der Waals surface area contributed by atoms with Crippen LogP contribution in [0, 0.1) is 17.8 Å². The van der Waals surface area contributed by atoms with E-state index >= 15 is 0 Å². The first-order chi connectivity index (χ1) is 21.1. The standard InChI is InChI=1S/C32H35N7O2S2/c1-38-29-25(14-34-39(32(29)40)15-22-6-3-7-26-24(22)13-33-37-26)30-31(38)36-27(43-30)12-23-18-42-28(35-23)17-41-16-21-9-8-20(11-21)10-19-4-2-5-19/h3,6-7,13-14,18-21H,2,4-5,8-12,15-17H2,1H3,(H,33,37). The Labute approximate surface area is 256 Å². The van der Waals surface area contributed by atoms with E-state index in [1.807, 2.05) is 29.8 Å². The first-order valence-electron chi connectivity index (χ1n) is 15.3.